The van der Waals surface area contributed by atoms with Crippen molar-refractivity contribution in [1.82, 2.24) is 14.9 Å². The van der Waals surface area contributed by atoms with Crippen LogP contribution in [-0.2, 0) is 0 Å². The number of aromatic nitrogens is 3. The molecule has 0 unspecified atom stereocenters. The Bertz CT molecular complexity index is 904. The number of furan rings is 1. The lowest BCUT2D eigenvalue weighted by Crippen LogP contribution is -1.95. The van der Waals surface area contributed by atoms with E-state index in [2.05, 4.69) is 15.3 Å². The summed E-state index contributed by atoms with van der Waals surface area (Å²) in [5.41, 5.74) is 1.59. The van der Waals surface area contributed by atoms with Crippen molar-refractivity contribution >= 4 is 24.5 Å². The van der Waals surface area contributed by atoms with Crippen LogP contribution < -0.4 is 0 Å². The average Bonchev–Trinajstić information content (AvgIpc) is 3.16. The van der Waals surface area contributed by atoms with Crippen molar-refractivity contribution in [2.75, 3.05) is 0 Å². The molecule has 5 nitrogen and oxygen atoms in total. The zero-order chi connectivity index (χ0) is 16.2. The van der Waals surface area contributed by atoms with Crippen LogP contribution in [0, 0.1) is 10.6 Å². The molecule has 1 N–H and O–H groups in total. The summed E-state index contributed by atoms with van der Waals surface area (Å²) in [6.45, 7) is 1.90. The van der Waals surface area contributed by atoms with Crippen molar-refractivity contribution in [1.29, 1.82) is 0 Å². The van der Waals surface area contributed by atoms with Crippen LogP contribution in [0.15, 0.2) is 57.8 Å². The third-order valence-corrected chi connectivity index (χ3v) is 3.31. The van der Waals surface area contributed by atoms with Gasteiger partial charge in [0.2, 0.25) is 4.77 Å². The van der Waals surface area contributed by atoms with E-state index in [1.807, 2.05) is 25.1 Å². The Morgan fingerprint density at radius 1 is 1.35 bits per heavy atom. The van der Waals surface area contributed by atoms with Gasteiger partial charge in [0, 0.05) is 5.56 Å². The fraction of sp³-hybridized carbons (Fsp3) is 0.0625. The SMILES string of the molecule is CC(C=Nn1c(-c2ccc(F)cc2)n[nH]c1=S)=Cc1ccco1. The van der Waals surface area contributed by atoms with Crippen LogP contribution in [0.1, 0.15) is 12.7 Å². The highest BCUT2D eigenvalue weighted by molar-refractivity contribution is 7.71. The predicted molar refractivity (Wildman–Crippen MR) is 89.1 cm³/mol. The van der Waals surface area contributed by atoms with Crippen LogP contribution in [-0.4, -0.2) is 21.1 Å². The molecule has 0 atom stereocenters. The molecule has 0 saturated heterocycles. The molecule has 0 amide bonds. The molecule has 3 aromatic rings. The highest BCUT2D eigenvalue weighted by Crippen LogP contribution is 2.17. The second-order valence-corrected chi connectivity index (χ2v) is 5.21. The van der Waals surface area contributed by atoms with Gasteiger partial charge in [-0.3, -0.25) is 0 Å². The number of hydrogen-bond acceptors (Lipinski definition) is 4. The van der Waals surface area contributed by atoms with Gasteiger partial charge in [0.1, 0.15) is 11.6 Å². The van der Waals surface area contributed by atoms with Crippen LogP contribution in [0.2, 0.25) is 0 Å². The van der Waals surface area contributed by atoms with E-state index in [0.29, 0.717) is 16.2 Å². The van der Waals surface area contributed by atoms with Crippen LogP contribution >= 0.6 is 12.2 Å². The highest BCUT2D eigenvalue weighted by Gasteiger charge is 2.08. The molecule has 2 aromatic heterocycles. The molecule has 0 saturated carbocycles. The number of hydrogen-bond donors (Lipinski definition) is 1. The topological polar surface area (TPSA) is 59.1 Å². The third kappa shape index (κ3) is 3.51. The van der Waals surface area contributed by atoms with Gasteiger partial charge >= 0.3 is 0 Å². The predicted octanol–water partition coefficient (Wildman–Crippen LogP) is 4.28. The monoisotopic (exact) mass is 328 g/mol. The Morgan fingerprint density at radius 3 is 2.83 bits per heavy atom. The van der Waals surface area contributed by atoms with E-state index in [9.17, 15) is 4.39 Å². The summed E-state index contributed by atoms with van der Waals surface area (Å²) in [6, 6.07) is 9.64. The molecule has 1 aromatic carbocycles. The Hall–Kier alpha value is -2.80. The van der Waals surface area contributed by atoms with Crippen molar-refractivity contribution in [3.63, 3.8) is 0 Å². The van der Waals surface area contributed by atoms with Crippen LogP contribution in [0.25, 0.3) is 17.5 Å². The zero-order valence-corrected chi connectivity index (χ0v) is 13.0. The Morgan fingerprint density at radius 2 is 2.13 bits per heavy atom. The number of benzene rings is 1. The minimum Gasteiger partial charge on any atom is -0.465 e. The lowest BCUT2D eigenvalue weighted by Gasteiger charge is -2.00. The number of nitrogens with one attached hydrogen (secondary N) is 1. The zero-order valence-electron chi connectivity index (χ0n) is 12.2. The number of allylic oxidation sites excluding steroid dienone is 1. The van der Waals surface area contributed by atoms with Gasteiger partial charge in [-0.25, -0.2) is 9.49 Å². The quantitative estimate of drug-likeness (QED) is 0.574. The molecular formula is C16H13FN4OS. The third-order valence-electron chi connectivity index (χ3n) is 3.04. The first-order chi connectivity index (χ1) is 11.1. The van der Waals surface area contributed by atoms with Gasteiger partial charge in [0.05, 0.1) is 12.5 Å². The maximum atomic E-state index is 13.0. The van der Waals surface area contributed by atoms with Crippen LogP contribution in [0.3, 0.4) is 0 Å². The van der Waals surface area contributed by atoms with Gasteiger partial charge in [0.15, 0.2) is 5.82 Å². The Kier molecular flexibility index (Phi) is 4.29. The molecule has 116 valence electrons. The second kappa shape index (κ2) is 6.53. The molecule has 23 heavy (non-hydrogen) atoms. The van der Waals surface area contributed by atoms with E-state index in [1.165, 1.54) is 16.8 Å². The maximum Gasteiger partial charge on any atom is 0.216 e. The lowest BCUT2D eigenvalue weighted by molar-refractivity contribution is 0.557. The van der Waals surface area contributed by atoms with Gasteiger partial charge in [-0.2, -0.15) is 14.9 Å². The molecule has 7 heteroatoms. The van der Waals surface area contributed by atoms with Gasteiger partial charge in [0.25, 0.3) is 0 Å². The maximum absolute atomic E-state index is 13.0. The number of aromatic amines is 1. The molecule has 3 rings (SSSR count). The van der Waals surface area contributed by atoms with Crippen molar-refractivity contribution in [2.45, 2.75) is 6.92 Å². The molecule has 0 fully saturated rings. The fourth-order valence-corrected chi connectivity index (χ4v) is 2.15. The molecular weight excluding hydrogens is 315 g/mol. The van der Waals surface area contributed by atoms with Crippen molar-refractivity contribution in [3.05, 3.63) is 64.6 Å². The summed E-state index contributed by atoms with van der Waals surface area (Å²) in [5, 5.41) is 11.2. The summed E-state index contributed by atoms with van der Waals surface area (Å²) in [7, 11) is 0. The second-order valence-electron chi connectivity index (χ2n) is 4.82. The Labute approximate surface area is 136 Å². The number of halogens is 1. The van der Waals surface area contributed by atoms with Crippen molar-refractivity contribution < 1.29 is 8.81 Å². The first-order valence-electron chi connectivity index (χ1n) is 6.83. The van der Waals surface area contributed by atoms with Gasteiger partial charge in [-0.1, -0.05) is 0 Å². The number of rotatable bonds is 4. The molecule has 0 spiro atoms. The summed E-state index contributed by atoms with van der Waals surface area (Å²) in [5.74, 6) is 0.940. The van der Waals surface area contributed by atoms with E-state index < -0.39 is 0 Å². The van der Waals surface area contributed by atoms with Gasteiger partial charge in [-0.05, 0) is 67.2 Å². The molecule has 0 aliphatic rings. The Balaban J connectivity index is 1.91. The van der Waals surface area contributed by atoms with Gasteiger partial charge in [-0.15, -0.1) is 0 Å². The normalized spacial score (nSPS) is 12.2. The molecule has 0 radical (unpaired) electrons. The standard InChI is InChI=1S/C16H13FN4OS/c1-11(9-14-3-2-8-22-14)10-18-21-15(19-20-16(21)23)12-4-6-13(17)7-5-12/h2-10H,1H3,(H,20,23). The molecule has 2 heterocycles. The summed E-state index contributed by atoms with van der Waals surface area (Å²) >= 11 is 5.19. The molecule has 0 aliphatic carbocycles. The first-order valence-corrected chi connectivity index (χ1v) is 7.24. The van der Waals surface area contributed by atoms with Crippen molar-refractivity contribution in [3.8, 4) is 11.4 Å². The van der Waals surface area contributed by atoms with E-state index >= 15 is 0 Å². The summed E-state index contributed by atoms with van der Waals surface area (Å²) < 4.78 is 20.1. The molecule has 0 bridgehead atoms. The average molecular weight is 328 g/mol. The van der Waals surface area contributed by atoms with Gasteiger partial charge < -0.3 is 4.42 Å². The highest BCUT2D eigenvalue weighted by atomic mass is 32.1. The first kappa shape index (κ1) is 15.1. The molecule has 0 aliphatic heterocycles. The van der Waals surface area contributed by atoms with E-state index in [1.54, 1.807) is 24.6 Å². The number of nitrogens with zero attached hydrogens (tertiary/aromatic N) is 3. The summed E-state index contributed by atoms with van der Waals surface area (Å²) in [4.78, 5) is 0. The minimum absolute atomic E-state index is 0.310. The van der Waals surface area contributed by atoms with E-state index in [4.69, 9.17) is 16.6 Å². The fourth-order valence-electron chi connectivity index (χ4n) is 1.97. The minimum atomic E-state index is -0.310. The number of H-pyrrole nitrogens is 1. The van der Waals surface area contributed by atoms with Crippen molar-refractivity contribution in [2.24, 2.45) is 5.10 Å². The van der Waals surface area contributed by atoms with E-state index in [0.717, 1.165) is 11.3 Å². The smallest absolute Gasteiger partial charge is 0.216 e. The summed E-state index contributed by atoms with van der Waals surface area (Å²) in [6.07, 6.45) is 5.11. The lowest BCUT2D eigenvalue weighted by atomic mass is 10.2. The largest absolute Gasteiger partial charge is 0.465 e. The van der Waals surface area contributed by atoms with Crippen LogP contribution in [0.5, 0.6) is 0 Å². The van der Waals surface area contributed by atoms with E-state index in [-0.39, 0.29) is 5.82 Å². The van der Waals surface area contributed by atoms with Crippen LogP contribution in [0.4, 0.5) is 4.39 Å².